The number of aromatic nitrogens is 1. The molecule has 1 aromatic carbocycles. The van der Waals surface area contributed by atoms with Crippen LogP contribution in [0.5, 0.6) is 0 Å². The summed E-state index contributed by atoms with van der Waals surface area (Å²) in [4.78, 5) is 38.9. The van der Waals surface area contributed by atoms with Gasteiger partial charge in [-0.1, -0.05) is 0 Å². The van der Waals surface area contributed by atoms with E-state index in [-0.39, 0.29) is 18.0 Å². The topological polar surface area (TPSA) is 121 Å². The lowest BCUT2D eigenvalue weighted by molar-refractivity contribution is -0.148. The van der Waals surface area contributed by atoms with E-state index in [0.717, 1.165) is 0 Å². The van der Waals surface area contributed by atoms with Crippen LogP contribution in [0.25, 0.3) is 11.6 Å². The Morgan fingerprint density at radius 3 is 2.72 bits per heavy atom. The van der Waals surface area contributed by atoms with Crippen LogP contribution in [0.2, 0.25) is 0 Å². The van der Waals surface area contributed by atoms with Crippen LogP contribution >= 0.6 is 0 Å². The molecule has 0 fully saturated rings. The molecular formula is C20H20FN3O5. The van der Waals surface area contributed by atoms with Gasteiger partial charge in [-0.2, -0.15) is 0 Å². The van der Waals surface area contributed by atoms with Crippen molar-refractivity contribution in [3.8, 4) is 0 Å². The number of carboxylic acids is 1. The van der Waals surface area contributed by atoms with Gasteiger partial charge in [-0.3, -0.25) is 9.59 Å². The molecule has 3 rings (SSSR count). The summed E-state index contributed by atoms with van der Waals surface area (Å²) in [6.45, 7) is 3.20. The minimum absolute atomic E-state index is 0.194. The highest BCUT2D eigenvalue weighted by molar-refractivity contribution is 6.34. The Morgan fingerprint density at radius 2 is 2.07 bits per heavy atom. The summed E-state index contributed by atoms with van der Waals surface area (Å²) < 4.78 is 18.4. The van der Waals surface area contributed by atoms with Crippen molar-refractivity contribution in [2.75, 3.05) is 19.0 Å². The van der Waals surface area contributed by atoms with Gasteiger partial charge in [-0.05, 0) is 43.7 Å². The summed E-state index contributed by atoms with van der Waals surface area (Å²) in [6.07, 6.45) is 0.406. The molecule has 0 spiro atoms. The van der Waals surface area contributed by atoms with Gasteiger partial charge < -0.3 is 25.5 Å². The number of anilines is 1. The summed E-state index contributed by atoms with van der Waals surface area (Å²) >= 11 is 0. The van der Waals surface area contributed by atoms with Gasteiger partial charge in [0.2, 0.25) is 0 Å². The third kappa shape index (κ3) is 3.90. The van der Waals surface area contributed by atoms with Crippen molar-refractivity contribution in [2.24, 2.45) is 0 Å². The van der Waals surface area contributed by atoms with E-state index >= 15 is 0 Å². The van der Waals surface area contributed by atoms with E-state index < -0.39 is 23.8 Å². The van der Waals surface area contributed by atoms with Crippen LogP contribution in [0.1, 0.15) is 32.9 Å². The average Bonchev–Trinajstić information content (AvgIpc) is 3.11. The van der Waals surface area contributed by atoms with Crippen molar-refractivity contribution in [2.45, 2.75) is 20.0 Å². The van der Waals surface area contributed by atoms with Crippen molar-refractivity contribution in [3.05, 3.63) is 52.1 Å². The number of hydrogen-bond donors (Lipinski definition) is 4. The highest BCUT2D eigenvalue weighted by Crippen LogP contribution is 2.34. The van der Waals surface area contributed by atoms with E-state index in [1.54, 1.807) is 19.9 Å². The molecular weight excluding hydrogens is 381 g/mol. The zero-order valence-corrected chi connectivity index (χ0v) is 16.1. The van der Waals surface area contributed by atoms with Gasteiger partial charge in [0.1, 0.15) is 5.82 Å². The Hall–Kier alpha value is -3.46. The summed E-state index contributed by atoms with van der Waals surface area (Å²) in [5.74, 6) is -2.48. The van der Waals surface area contributed by atoms with E-state index in [0.29, 0.717) is 33.8 Å². The number of aromatic amines is 1. The first-order valence-electron chi connectivity index (χ1n) is 8.78. The number of carbonyl (C=O) groups excluding carboxylic acids is 2. The molecule has 1 aliphatic heterocycles. The number of hydrogen-bond acceptors (Lipinski definition) is 4. The number of halogens is 1. The predicted octanol–water partition coefficient (Wildman–Crippen LogP) is 2.09. The van der Waals surface area contributed by atoms with Crippen LogP contribution in [0.3, 0.4) is 0 Å². The van der Waals surface area contributed by atoms with Gasteiger partial charge in [-0.25, -0.2) is 9.18 Å². The van der Waals surface area contributed by atoms with Crippen LogP contribution in [0.15, 0.2) is 18.2 Å². The van der Waals surface area contributed by atoms with Crippen molar-refractivity contribution >= 4 is 35.1 Å². The lowest BCUT2D eigenvalue weighted by atomic mass is 10.0. The number of fused-ring (bicyclic) bond motifs is 1. The number of ether oxygens (including phenoxy) is 1. The maximum absolute atomic E-state index is 13.6. The smallest absolute Gasteiger partial charge is 0.334 e. The average molecular weight is 401 g/mol. The fraction of sp³-hybridized carbons (Fsp3) is 0.250. The van der Waals surface area contributed by atoms with Crippen molar-refractivity contribution < 1.29 is 28.6 Å². The molecule has 1 unspecified atom stereocenters. The van der Waals surface area contributed by atoms with E-state index in [1.807, 2.05) is 0 Å². The van der Waals surface area contributed by atoms with E-state index in [2.05, 4.69) is 15.6 Å². The number of rotatable bonds is 6. The van der Waals surface area contributed by atoms with Gasteiger partial charge >= 0.3 is 5.97 Å². The molecule has 0 saturated carbocycles. The number of carbonyl (C=O) groups is 3. The van der Waals surface area contributed by atoms with Crippen LogP contribution in [-0.4, -0.2) is 47.6 Å². The second kappa shape index (κ2) is 7.88. The fourth-order valence-electron chi connectivity index (χ4n) is 3.25. The summed E-state index contributed by atoms with van der Waals surface area (Å²) in [5, 5.41) is 14.2. The zero-order chi connectivity index (χ0) is 21.3. The fourth-order valence-corrected chi connectivity index (χ4v) is 3.25. The Labute approximate surface area is 165 Å². The lowest BCUT2D eigenvalue weighted by Crippen LogP contribution is -2.38. The molecule has 2 amide bonds. The third-order valence-electron chi connectivity index (χ3n) is 4.76. The lowest BCUT2D eigenvalue weighted by Gasteiger charge is -2.11. The summed E-state index contributed by atoms with van der Waals surface area (Å²) in [6, 6.07) is 4.03. The molecule has 0 radical (unpaired) electrons. The number of H-pyrrole nitrogens is 1. The molecule has 1 atom stereocenters. The molecule has 0 bridgehead atoms. The quantitative estimate of drug-likeness (QED) is 0.553. The Bertz CT molecular complexity index is 1040. The molecule has 0 aliphatic carbocycles. The van der Waals surface area contributed by atoms with Gasteiger partial charge in [0.15, 0.2) is 6.10 Å². The number of carboxylic acid groups (broad SMARTS) is 1. The van der Waals surface area contributed by atoms with Crippen LogP contribution in [0.4, 0.5) is 10.1 Å². The molecule has 9 heteroatoms. The molecule has 1 aliphatic rings. The second-order valence-electron chi connectivity index (χ2n) is 6.64. The molecule has 2 heterocycles. The second-order valence-corrected chi connectivity index (χ2v) is 6.64. The predicted molar refractivity (Wildman–Crippen MR) is 104 cm³/mol. The number of benzene rings is 1. The van der Waals surface area contributed by atoms with Crippen molar-refractivity contribution in [1.82, 2.24) is 10.3 Å². The van der Waals surface area contributed by atoms with Crippen LogP contribution < -0.4 is 10.6 Å². The highest BCUT2D eigenvalue weighted by atomic mass is 19.1. The van der Waals surface area contributed by atoms with Crippen LogP contribution in [-0.2, 0) is 14.3 Å². The third-order valence-corrected chi connectivity index (χ3v) is 4.76. The van der Waals surface area contributed by atoms with E-state index in [4.69, 9.17) is 9.84 Å². The largest absolute Gasteiger partial charge is 0.479 e. The highest BCUT2D eigenvalue weighted by Gasteiger charge is 2.26. The SMILES string of the molecule is COC(CNC(=O)c1c(C)[nH]c(/C=C2\C(=O)Nc3ccc(F)cc32)c1C)C(=O)O. The standard InChI is InChI=1S/C20H20FN3O5/c1-9-15(7-13-12-6-11(21)4-5-14(12)24-18(13)25)23-10(2)17(9)19(26)22-8-16(29-3)20(27)28/h4-7,16,23H,8H2,1-3H3,(H,22,26)(H,24,25)(H,27,28)/b13-7-. The Kier molecular flexibility index (Phi) is 5.51. The van der Waals surface area contributed by atoms with Gasteiger partial charge in [0, 0.05) is 29.7 Å². The molecule has 8 nitrogen and oxygen atoms in total. The normalized spacial score (nSPS) is 15.2. The molecule has 29 heavy (non-hydrogen) atoms. The maximum atomic E-state index is 13.6. The van der Waals surface area contributed by atoms with E-state index in [9.17, 15) is 18.8 Å². The Morgan fingerprint density at radius 1 is 1.34 bits per heavy atom. The van der Waals surface area contributed by atoms with Crippen molar-refractivity contribution in [3.63, 3.8) is 0 Å². The maximum Gasteiger partial charge on any atom is 0.334 e. The van der Waals surface area contributed by atoms with E-state index in [1.165, 1.54) is 25.3 Å². The van der Waals surface area contributed by atoms with Crippen LogP contribution in [0, 0.1) is 19.7 Å². The first-order valence-corrected chi connectivity index (χ1v) is 8.78. The number of aryl methyl sites for hydroxylation is 1. The van der Waals surface area contributed by atoms with Gasteiger partial charge in [0.25, 0.3) is 11.8 Å². The minimum atomic E-state index is -1.18. The summed E-state index contributed by atoms with van der Waals surface area (Å²) in [7, 11) is 1.25. The minimum Gasteiger partial charge on any atom is -0.479 e. The monoisotopic (exact) mass is 401 g/mol. The first kappa shape index (κ1) is 20.3. The summed E-state index contributed by atoms with van der Waals surface area (Å²) in [5.41, 5.74) is 3.23. The number of amides is 2. The van der Waals surface area contributed by atoms with Crippen molar-refractivity contribution in [1.29, 1.82) is 0 Å². The zero-order valence-electron chi connectivity index (χ0n) is 16.1. The Balaban J connectivity index is 1.90. The number of aliphatic carboxylic acids is 1. The molecule has 152 valence electrons. The molecule has 2 aromatic rings. The first-order chi connectivity index (χ1) is 13.7. The molecule has 1 aromatic heterocycles. The molecule has 0 saturated heterocycles. The molecule has 4 N–H and O–H groups in total. The van der Waals surface area contributed by atoms with Gasteiger partial charge in [0.05, 0.1) is 17.7 Å². The number of methoxy groups -OCH3 is 1. The van der Waals surface area contributed by atoms with Gasteiger partial charge in [-0.15, -0.1) is 0 Å². The number of nitrogens with one attached hydrogen (secondary N) is 3.